The van der Waals surface area contributed by atoms with E-state index in [1.807, 2.05) is 36.7 Å². The van der Waals surface area contributed by atoms with Crippen LogP contribution < -0.4 is 0 Å². The number of rotatable bonds is 1. The molecule has 2 nitrogen and oxygen atoms in total. The minimum absolute atomic E-state index is 0.0647. The average molecular weight is 197 g/mol. The van der Waals surface area contributed by atoms with Crippen molar-refractivity contribution in [2.75, 3.05) is 0 Å². The van der Waals surface area contributed by atoms with Gasteiger partial charge in [-0.2, -0.15) is 0 Å². The number of hydrogen-bond acceptors (Lipinski definition) is 2. The molecule has 2 heteroatoms. The fraction of sp³-hybridized carbons (Fsp3) is 0.154. The molecule has 1 aromatic heterocycles. The molecule has 1 aromatic carbocycles. The molecule has 3 rings (SSSR count). The van der Waals surface area contributed by atoms with E-state index < -0.39 is 0 Å². The van der Waals surface area contributed by atoms with Gasteiger partial charge in [0.15, 0.2) is 0 Å². The second-order valence-corrected chi connectivity index (χ2v) is 3.68. The van der Waals surface area contributed by atoms with Crippen LogP contribution in [0.25, 0.3) is 0 Å². The monoisotopic (exact) mass is 197 g/mol. The third-order valence-electron chi connectivity index (χ3n) is 2.74. The van der Waals surface area contributed by atoms with Crippen molar-refractivity contribution in [1.29, 1.82) is 0 Å². The standard InChI is InChI=1S/C13H11NO/c1-2-4-10(5-3-1)13-12-8-14-7-6-11(12)9-15-13/h1-8,13H,9H2. The van der Waals surface area contributed by atoms with Crippen LogP contribution in [-0.4, -0.2) is 4.98 Å². The smallest absolute Gasteiger partial charge is 0.110 e. The van der Waals surface area contributed by atoms with Crippen LogP contribution in [0.5, 0.6) is 0 Å². The van der Waals surface area contributed by atoms with E-state index >= 15 is 0 Å². The van der Waals surface area contributed by atoms with Gasteiger partial charge in [0.25, 0.3) is 0 Å². The van der Waals surface area contributed by atoms with Crippen molar-refractivity contribution >= 4 is 0 Å². The topological polar surface area (TPSA) is 22.1 Å². The highest BCUT2D eigenvalue weighted by Crippen LogP contribution is 2.34. The van der Waals surface area contributed by atoms with E-state index in [2.05, 4.69) is 17.1 Å². The molecule has 0 bridgehead atoms. The third kappa shape index (κ3) is 1.43. The van der Waals surface area contributed by atoms with E-state index in [1.165, 1.54) is 16.7 Å². The second-order valence-electron chi connectivity index (χ2n) is 3.68. The van der Waals surface area contributed by atoms with Crippen molar-refractivity contribution in [3.63, 3.8) is 0 Å². The molecule has 2 heterocycles. The molecule has 2 aromatic rings. The Morgan fingerprint density at radius 3 is 2.87 bits per heavy atom. The molecule has 0 radical (unpaired) electrons. The van der Waals surface area contributed by atoms with Crippen LogP contribution in [0.3, 0.4) is 0 Å². The lowest BCUT2D eigenvalue weighted by molar-refractivity contribution is 0.0938. The highest BCUT2D eigenvalue weighted by molar-refractivity contribution is 5.36. The first-order valence-corrected chi connectivity index (χ1v) is 5.04. The first kappa shape index (κ1) is 8.62. The summed E-state index contributed by atoms with van der Waals surface area (Å²) >= 11 is 0. The fourth-order valence-electron chi connectivity index (χ4n) is 1.97. The van der Waals surface area contributed by atoms with Crippen LogP contribution >= 0.6 is 0 Å². The first-order chi connectivity index (χ1) is 7.45. The quantitative estimate of drug-likeness (QED) is 0.701. The van der Waals surface area contributed by atoms with E-state index in [0.717, 1.165) is 0 Å². The summed E-state index contributed by atoms with van der Waals surface area (Å²) in [5.74, 6) is 0. The van der Waals surface area contributed by atoms with Crippen molar-refractivity contribution in [1.82, 2.24) is 4.98 Å². The molecule has 0 N–H and O–H groups in total. The SMILES string of the molecule is c1ccc(C2OCc3ccncc32)cc1. The van der Waals surface area contributed by atoms with E-state index in [9.17, 15) is 0 Å². The van der Waals surface area contributed by atoms with Crippen molar-refractivity contribution in [3.8, 4) is 0 Å². The molecular weight excluding hydrogens is 186 g/mol. The summed E-state index contributed by atoms with van der Waals surface area (Å²) in [6.45, 7) is 0.692. The Bertz CT molecular complexity index is 467. The highest BCUT2D eigenvalue weighted by atomic mass is 16.5. The molecule has 15 heavy (non-hydrogen) atoms. The van der Waals surface area contributed by atoms with Crippen LogP contribution in [-0.2, 0) is 11.3 Å². The van der Waals surface area contributed by atoms with E-state index in [4.69, 9.17) is 4.74 Å². The maximum atomic E-state index is 5.77. The molecule has 1 atom stereocenters. The average Bonchev–Trinajstić information content (AvgIpc) is 2.74. The Labute approximate surface area is 88.5 Å². The Morgan fingerprint density at radius 1 is 1.13 bits per heavy atom. The van der Waals surface area contributed by atoms with E-state index in [0.29, 0.717) is 6.61 Å². The molecule has 0 spiro atoms. The predicted molar refractivity (Wildman–Crippen MR) is 57.3 cm³/mol. The van der Waals surface area contributed by atoms with Crippen LogP contribution in [0.2, 0.25) is 0 Å². The molecule has 1 aliphatic heterocycles. The number of fused-ring (bicyclic) bond motifs is 1. The third-order valence-corrected chi connectivity index (χ3v) is 2.74. The summed E-state index contributed by atoms with van der Waals surface area (Å²) in [7, 11) is 0. The summed E-state index contributed by atoms with van der Waals surface area (Å²) < 4.78 is 5.77. The number of pyridine rings is 1. The van der Waals surface area contributed by atoms with Gasteiger partial charge in [0.1, 0.15) is 6.10 Å². The molecule has 0 amide bonds. The summed E-state index contributed by atoms with van der Waals surface area (Å²) in [5.41, 5.74) is 3.65. The Balaban J connectivity index is 2.05. The highest BCUT2D eigenvalue weighted by Gasteiger charge is 2.24. The van der Waals surface area contributed by atoms with Gasteiger partial charge < -0.3 is 4.74 Å². The van der Waals surface area contributed by atoms with Crippen LogP contribution in [0.15, 0.2) is 48.8 Å². The van der Waals surface area contributed by atoms with Crippen LogP contribution in [0.1, 0.15) is 22.8 Å². The Kier molecular flexibility index (Phi) is 2.00. The summed E-state index contributed by atoms with van der Waals surface area (Å²) in [4.78, 5) is 4.15. The molecule has 1 aliphatic rings. The van der Waals surface area contributed by atoms with Crippen LogP contribution in [0, 0.1) is 0 Å². The number of benzene rings is 1. The maximum Gasteiger partial charge on any atom is 0.110 e. The van der Waals surface area contributed by atoms with Gasteiger partial charge in [-0.15, -0.1) is 0 Å². The molecule has 0 saturated heterocycles. The van der Waals surface area contributed by atoms with Gasteiger partial charge in [0.05, 0.1) is 6.61 Å². The maximum absolute atomic E-state index is 5.77. The van der Waals surface area contributed by atoms with Gasteiger partial charge in [-0.05, 0) is 17.2 Å². The summed E-state index contributed by atoms with van der Waals surface area (Å²) in [6, 6.07) is 12.3. The number of nitrogens with zero attached hydrogens (tertiary/aromatic N) is 1. The van der Waals surface area contributed by atoms with Gasteiger partial charge in [-0.25, -0.2) is 0 Å². The lowest BCUT2D eigenvalue weighted by atomic mass is 10.0. The molecule has 74 valence electrons. The second kappa shape index (κ2) is 3.48. The zero-order valence-electron chi connectivity index (χ0n) is 8.26. The van der Waals surface area contributed by atoms with Crippen molar-refractivity contribution in [3.05, 3.63) is 65.5 Å². The summed E-state index contributed by atoms with van der Waals surface area (Å²) in [6.07, 6.45) is 3.78. The Morgan fingerprint density at radius 2 is 2.00 bits per heavy atom. The predicted octanol–water partition coefficient (Wildman–Crippen LogP) is 2.70. The minimum Gasteiger partial charge on any atom is -0.364 e. The molecule has 0 aliphatic carbocycles. The molecule has 0 fully saturated rings. The number of ether oxygens (including phenoxy) is 1. The van der Waals surface area contributed by atoms with Crippen LogP contribution in [0.4, 0.5) is 0 Å². The van der Waals surface area contributed by atoms with Crippen molar-refractivity contribution in [2.45, 2.75) is 12.7 Å². The van der Waals surface area contributed by atoms with Gasteiger partial charge >= 0.3 is 0 Å². The zero-order chi connectivity index (χ0) is 10.1. The number of hydrogen-bond donors (Lipinski definition) is 0. The Hall–Kier alpha value is -1.67. The van der Waals surface area contributed by atoms with E-state index in [1.54, 1.807) is 0 Å². The van der Waals surface area contributed by atoms with Gasteiger partial charge in [0, 0.05) is 18.0 Å². The fourth-order valence-corrected chi connectivity index (χ4v) is 1.97. The van der Waals surface area contributed by atoms with Gasteiger partial charge in [0.2, 0.25) is 0 Å². The number of aromatic nitrogens is 1. The molecule has 1 unspecified atom stereocenters. The lowest BCUT2D eigenvalue weighted by Crippen LogP contribution is -1.97. The minimum atomic E-state index is 0.0647. The van der Waals surface area contributed by atoms with Gasteiger partial charge in [-0.1, -0.05) is 30.3 Å². The van der Waals surface area contributed by atoms with Gasteiger partial charge in [-0.3, -0.25) is 4.98 Å². The zero-order valence-corrected chi connectivity index (χ0v) is 8.26. The molecular formula is C13H11NO. The summed E-state index contributed by atoms with van der Waals surface area (Å²) in [5, 5.41) is 0. The molecule has 0 saturated carbocycles. The normalized spacial score (nSPS) is 18.8. The van der Waals surface area contributed by atoms with E-state index in [-0.39, 0.29) is 6.10 Å². The van der Waals surface area contributed by atoms with Crippen molar-refractivity contribution < 1.29 is 4.74 Å². The lowest BCUT2D eigenvalue weighted by Gasteiger charge is -2.10. The van der Waals surface area contributed by atoms with Crippen molar-refractivity contribution in [2.24, 2.45) is 0 Å². The first-order valence-electron chi connectivity index (χ1n) is 5.04. The largest absolute Gasteiger partial charge is 0.364 e.